The third kappa shape index (κ3) is 3.52. The molecule has 1 aliphatic rings. The number of aromatic nitrogens is 4. The third-order valence-electron chi connectivity index (χ3n) is 5.33. The Labute approximate surface area is 159 Å². The fourth-order valence-corrected chi connectivity index (χ4v) is 3.64. The van der Waals surface area contributed by atoms with Crippen LogP contribution in [0, 0.1) is 19.8 Å². The normalized spacial score (nSPS) is 14.9. The van der Waals surface area contributed by atoms with E-state index in [0.29, 0.717) is 12.3 Å². The number of hydrogen-bond donors (Lipinski definition) is 1. The first-order chi connectivity index (χ1) is 13.0. The topological polar surface area (TPSA) is 64.7 Å². The van der Waals surface area contributed by atoms with Gasteiger partial charge in [0, 0.05) is 30.7 Å². The molecule has 1 saturated carbocycles. The van der Waals surface area contributed by atoms with Gasteiger partial charge in [0.2, 0.25) is 5.91 Å². The van der Waals surface area contributed by atoms with E-state index in [2.05, 4.69) is 15.4 Å². The Bertz CT molecular complexity index is 952. The molecule has 3 aromatic rings. The molecule has 0 radical (unpaired) electrons. The molecule has 27 heavy (non-hydrogen) atoms. The van der Waals surface area contributed by atoms with Gasteiger partial charge >= 0.3 is 0 Å². The standard InChI is InChI=1S/C21H25N5O/c1-14-18(15(2)26(24-14)17-7-5-4-6-8-17)13-19(27)23-20(16-9-10-16)21-22-11-12-25(21)3/h4-8,11-12,16,20H,9-10,13H2,1-3H3,(H,23,27)/t20-/m1/s1. The van der Waals surface area contributed by atoms with Crippen LogP contribution in [-0.4, -0.2) is 25.2 Å². The van der Waals surface area contributed by atoms with E-state index in [-0.39, 0.29) is 11.9 Å². The van der Waals surface area contributed by atoms with E-state index in [0.717, 1.165) is 41.3 Å². The molecule has 0 unspecified atom stereocenters. The first kappa shape index (κ1) is 17.5. The molecule has 1 amide bonds. The van der Waals surface area contributed by atoms with Crippen LogP contribution >= 0.6 is 0 Å². The number of nitrogens with one attached hydrogen (secondary N) is 1. The van der Waals surface area contributed by atoms with Crippen molar-refractivity contribution in [1.82, 2.24) is 24.6 Å². The van der Waals surface area contributed by atoms with Crippen LogP contribution in [0.4, 0.5) is 0 Å². The van der Waals surface area contributed by atoms with Crippen LogP contribution in [0.3, 0.4) is 0 Å². The minimum Gasteiger partial charge on any atom is -0.346 e. The van der Waals surface area contributed by atoms with E-state index < -0.39 is 0 Å². The van der Waals surface area contributed by atoms with Crippen molar-refractivity contribution in [3.05, 3.63) is 65.5 Å². The third-order valence-corrected chi connectivity index (χ3v) is 5.33. The highest BCUT2D eigenvalue weighted by atomic mass is 16.1. The van der Waals surface area contributed by atoms with Crippen molar-refractivity contribution < 1.29 is 4.79 Å². The Hall–Kier alpha value is -2.89. The largest absolute Gasteiger partial charge is 0.346 e. The molecule has 1 aromatic carbocycles. The smallest absolute Gasteiger partial charge is 0.225 e. The lowest BCUT2D eigenvalue weighted by molar-refractivity contribution is -0.121. The van der Waals surface area contributed by atoms with Crippen LogP contribution in [0.15, 0.2) is 42.7 Å². The van der Waals surface area contributed by atoms with Crippen molar-refractivity contribution >= 4 is 5.91 Å². The maximum atomic E-state index is 12.8. The molecule has 1 N–H and O–H groups in total. The number of aryl methyl sites for hydroxylation is 2. The Balaban J connectivity index is 1.53. The molecule has 0 saturated heterocycles. The number of benzene rings is 1. The van der Waals surface area contributed by atoms with Crippen LogP contribution in [0.5, 0.6) is 0 Å². The molecule has 0 spiro atoms. The average molecular weight is 363 g/mol. The number of carbonyl (C=O) groups is 1. The van der Waals surface area contributed by atoms with Crippen LogP contribution in [0.25, 0.3) is 5.69 Å². The Kier molecular flexibility index (Phi) is 4.56. The summed E-state index contributed by atoms with van der Waals surface area (Å²) < 4.78 is 3.91. The number of hydrogen-bond acceptors (Lipinski definition) is 3. The quantitative estimate of drug-likeness (QED) is 0.732. The summed E-state index contributed by atoms with van der Waals surface area (Å²) >= 11 is 0. The lowest BCUT2D eigenvalue weighted by atomic mass is 10.1. The molecular weight excluding hydrogens is 338 g/mol. The second kappa shape index (κ2) is 7.02. The number of nitrogens with zero attached hydrogens (tertiary/aromatic N) is 4. The number of rotatable bonds is 6. The summed E-state index contributed by atoms with van der Waals surface area (Å²) in [5, 5.41) is 7.86. The zero-order chi connectivity index (χ0) is 19.0. The predicted molar refractivity (Wildman–Crippen MR) is 104 cm³/mol. The fourth-order valence-electron chi connectivity index (χ4n) is 3.64. The van der Waals surface area contributed by atoms with Crippen LogP contribution in [-0.2, 0) is 18.3 Å². The van der Waals surface area contributed by atoms with Crippen molar-refractivity contribution in [2.45, 2.75) is 39.2 Å². The van der Waals surface area contributed by atoms with Crippen LogP contribution in [0.2, 0.25) is 0 Å². The van der Waals surface area contributed by atoms with E-state index in [1.54, 1.807) is 6.20 Å². The first-order valence-electron chi connectivity index (χ1n) is 9.41. The summed E-state index contributed by atoms with van der Waals surface area (Å²) in [6.45, 7) is 3.99. The van der Waals surface area contributed by atoms with Gasteiger partial charge in [0.25, 0.3) is 0 Å². The van der Waals surface area contributed by atoms with E-state index >= 15 is 0 Å². The second-order valence-electron chi connectivity index (χ2n) is 7.35. The van der Waals surface area contributed by atoms with Crippen molar-refractivity contribution in [3.8, 4) is 5.69 Å². The van der Waals surface area contributed by atoms with Gasteiger partial charge < -0.3 is 9.88 Å². The lowest BCUT2D eigenvalue weighted by Crippen LogP contribution is -2.33. The minimum absolute atomic E-state index is 0.0118. The zero-order valence-corrected chi connectivity index (χ0v) is 16.0. The lowest BCUT2D eigenvalue weighted by Gasteiger charge is -2.18. The molecular formula is C21H25N5O. The molecule has 1 fully saturated rings. The highest BCUT2D eigenvalue weighted by Gasteiger charge is 2.35. The highest BCUT2D eigenvalue weighted by Crippen LogP contribution is 2.40. The van der Waals surface area contributed by atoms with Gasteiger partial charge in [-0.05, 0) is 44.7 Å². The maximum Gasteiger partial charge on any atom is 0.225 e. The van der Waals surface area contributed by atoms with Crippen molar-refractivity contribution in [3.63, 3.8) is 0 Å². The summed E-state index contributed by atoms with van der Waals surface area (Å²) in [4.78, 5) is 17.3. The van der Waals surface area contributed by atoms with Gasteiger partial charge in [-0.2, -0.15) is 5.10 Å². The average Bonchev–Trinajstić information content (AvgIpc) is 3.37. The zero-order valence-electron chi connectivity index (χ0n) is 16.0. The Morgan fingerprint density at radius 1 is 1.26 bits per heavy atom. The molecule has 6 heteroatoms. The monoisotopic (exact) mass is 363 g/mol. The first-order valence-corrected chi connectivity index (χ1v) is 9.41. The Morgan fingerprint density at radius 2 is 2.00 bits per heavy atom. The van der Waals surface area contributed by atoms with Gasteiger partial charge in [0.1, 0.15) is 5.82 Å². The van der Waals surface area contributed by atoms with E-state index in [4.69, 9.17) is 0 Å². The van der Waals surface area contributed by atoms with Gasteiger partial charge in [0.05, 0.1) is 23.8 Å². The van der Waals surface area contributed by atoms with E-state index in [1.165, 1.54) is 0 Å². The van der Waals surface area contributed by atoms with E-state index in [9.17, 15) is 4.79 Å². The summed E-state index contributed by atoms with van der Waals surface area (Å²) in [7, 11) is 1.97. The predicted octanol–water partition coefficient (Wildman–Crippen LogP) is 3.03. The number of para-hydroxylation sites is 1. The fraction of sp³-hybridized carbons (Fsp3) is 0.381. The SMILES string of the molecule is Cc1nn(-c2ccccc2)c(C)c1CC(=O)N[C@@H](c1nccn1C)C1CC1. The molecule has 0 aliphatic heterocycles. The van der Waals surface area contributed by atoms with Crippen molar-refractivity contribution in [1.29, 1.82) is 0 Å². The summed E-state index contributed by atoms with van der Waals surface area (Å²) in [5.74, 6) is 1.44. The van der Waals surface area contributed by atoms with Crippen LogP contribution < -0.4 is 5.32 Å². The van der Waals surface area contributed by atoms with Crippen LogP contribution in [0.1, 0.15) is 41.7 Å². The summed E-state index contributed by atoms with van der Waals surface area (Å²) in [6.07, 6.45) is 6.33. The minimum atomic E-state index is -0.0118. The van der Waals surface area contributed by atoms with Gasteiger partial charge in [0.15, 0.2) is 0 Å². The van der Waals surface area contributed by atoms with Crippen molar-refractivity contribution in [2.24, 2.45) is 13.0 Å². The summed E-state index contributed by atoms with van der Waals surface area (Å²) in [5.41, 5.74) is 3.90. The second-order valence-corrected chi connectivity index (χ2v) is 7.35. The van der Waals surface area contributed by atoms with Gasteiger partial charge in [-0.1, -0.05) is 18.2 Å². The summed E-state index contributed by atoms with van der Waals surface area (Å²) in [6, 6.07) is 10.00. The molecule has 1 aliphatic carbocycles. The van der Waals surface area contributed by atoms with Gasteiger partial charge in [-0.15, -0.1) is 0 Å². The molecule has 4 rings (SSSR count). The molecule has 1 atom stereocenters. The molecule has 2 aromatic heterocycles. The molecule has 2 heterocycles. The molecule has 140 valence electrons. The van der Waals surface area contributed by atoms with Gasteiger partial charge in [-0.3, -0.25) is 4.79 Å². The van der Waals surface area contributed by atoms with E-state index in [1.807, 2.05) is 66.7 Å². The number of amides is 1. The van der Waals surface area contributed by atoms with Gasteiger partial charge in [-0.25, -0.2) is 9.67 Å². The highest BCUT2D eigenvalue weighted by molar-refractivity contribution is 5.79. The maximum absolute atomic E-state index is 12.8. The van der Waals surface area contributed by atoms with Crippen molar-refractivity contribution in [2.75, 3.05) is 0 Å². The number of carbonyl (C=O) groups excluding carboxylic acids is 1. The molecule has 6 nitrogen and oxygen atoms in total. The Morgan fingerprint density at radius 3 is 2.63 bits per heavy atom. The molecule has 0 bridgehead atoms. The number of imidazole rings is 1.